The minimum atomic E-state index is -0.872. The number of rotatable bonds is 2. The first-order chi connectivity index (χ1) is 8.02. The van der Waals surface area contributed by atoms with Crippen LogP contribution in [-0.4, -0.2) is 19.7 Å². The minimum Gasteiger partial charge on any atom is -0.306 e. The summed E-state index contributed by atoms with van der Waals surface area (Å²) in [5, 5.41) is 3.96. The number of nitrogens with zero attached hydrogens (tertiary/aromatic N) is 4. The summed E-state index contributed by atoms with van der Waals surface area (Å²) in [6.45, 7) is 3.30. The Kier molecular flexibility index (Phi) is 2.72. The van der Waals surface area contributed by atoms with E-state index in [1.807, 2.05) is 5.43 Å². The Labute approximate surface area is 95.5 Å². The standard InChI is InChI=1S/C9H10F2N6/c1-4-13-5(2)17(16-4)9-7(11)3-6(10)8(14-9)15-12/h3H,12H2,1-2H3,(H,14,15). The molecule has 0 unspecified atom stereocenters. The largest absolute Gasteiger partial charge is 0.306 e. The third kappa shape index (κ3) is 1.94. The fourth-order valence-electron chi connectivity index (χ4n) is 1.43. The first-order valence-electron chi connectivity index (χ1n) is 4.76. The van der Waals surface area contributed by atoms with E-state index in [2.05, 4.69) is 15.1 Å². The molecule has 2 aromatic heterocycles. The van der Waals surface area contributed by atoms with Crippen LogP contribution in [0, 0.1) is 25.5 Å². The second kappa shape index (κ2) is 4.06. The molecule has 0 fully saturated rings. The van der Waals surface area contributed by atoms with Crippen molar-refractivity contribution in [3.8, 4) is 5.82 Å². The molecule has 0 radical (unpaired) electrons. The van der Waals surface area contributed by atoms with Crippen molar-refractivity contribution >= 4 is 5.82 Å². The maximum absolute atomic E-state index is 13.6. The van der Waals surface area contributed by atoms with Gasteiger partial charge in [-0.15, -0.1) is 5.10 Å². The van der Waals surface area contributed by atoms with Crippen LogP contribution in [0.3, 0.4) is 0 Å². The van der Waals surface area contributed by atoms with Gasteiger partial charge in [0.15, 0.2) is 23.3 Å². The van der Waals surface area contributed by atoms with Crippen LogP contribution in [0.4, 0.5) is 14.6 Å². The molecule has 0 spiro atoms. The Bertz CT molecular complexity index is 565. The molecule has 0 saturated carbocycles. The highest BCUT2D eigenvalue weighted by atomic mass is 19.1. The molecule has 2 heterocycles. The highest BCUT2D eigenvalue weighted by Crippen LogP contribution is 2.18. The maximum Gasteiger partial charge on any atom is 0.193 e. The van der Waals surface area contributed by atoms with Crippen molar-refractivity contribution in [2.75, 3.05) is 5.43 Å². The second-order valence-electron chi connectivity index (χ2n) is 3.39. The molecule has 8 heteroatoms. The van der Waals surface area contributed by atoms with Gasteiger partial charge >= 0.3 is 0 Å². The number of nitrogen functional groups attached to an aromatic ring is 1. The van der Waals surface area contributed by atoms with E-state index in [0.29, 0.717) is 17.7 Å². The van der Waals surface area contributed by atoms with Gasteiger partial charge in [0.1, 0.15) is 11.6 Å². The molecule has 0 aliphatic rings. The van der Waals surface area contributed by atoms with Crippen LogP contribution in [0.5, 0.6) is 0 Å². The van der Waals surface area contributed by atoms with Gasteiger partial charge in [-0.25, -0.2) is 24.6 Å². The summed E-state index contributed by atoms with van der Waals surface area (Å²) < 4.78 is 27.9. The Morgan fingerprint density at radius 3 is 2.47 bits per heavy atom. The number of hydrazine groups is 1. The molecule has 6 nitrogen and oxygen atoms in total. The number of hydrogen-bond donors (Lipinski definition) is 2. The molecule has 3 N–H and O–H groups in total. The molecule has 0 amide bonds. The molecule has 0 aliphatic heterocycles. The molecule has 17 heavy (non-hydrogen) atoms. The van der Waals surface area contributed by atoms with E-state index in [4.69, 9.17) is 5.84 Å². The summed E-state index contributed by atoms with van der Waals surface area (Å²) in [4.78, 5) is 7.72. The zero-order valence-corrected chi connectivity index (χ0v) is 9.20. The van der Waals surface area contributed by atoms with Crippen LogP contribution < -0.4 is 11.3 Å². The lowest BCUT2D eigenvalue weighted by Crippen LogP contribution is -2.14. The average Bonchev–Trinajstić information content (AvgIpc) is 2.58. The molecular formula is C9H10F2N6. The Morgan fingerprint density at radius 1 is 1.24 bits per heavy atom. The smallest absolute Gasteiger partial charge is 0.193 e. The van der Waals surface area contributed by atoms with Gasteiger partial charge in [-0.05, 0) is 13.8 Å². The maximum atomic E-state index is 13.6. The van der Waals surface area contributed by atoms with Crippen LogP contribution in [0.2, 0.25) is 0 Å². The summed E-state index contributed by atoms with van der Waals surface area (Å²) in [5.74, 6) is 3.87. The lowest BCUT2D eigenvalue weighted by Gasteiger charge is -2.07. The summed E-state index contributed by atoms with van der Waals surface area (Å²) >= 11 is 0. The van der Waals surface area contributed by atoms with Crippen molar-refractivity contribution in [2.45, 2.75) is 13.8 Å². The number of anilines is 1. The van der Waals surface area contributed by atoms with Gasteiger partial charge in [0.05, 0.1) is 0 Å². The van der Waals surface area contributed by atoms with E-state index in [9.17, 15) is 8.78 Å². The number of halogens is 2. The van der Waals surface area contributed by atoms with E-state index in [-0.39, 0.29) is 11.6 Å². The molecule has 0 bridgehead atoms. The SMILES string of the molecule is Cc1nc(C)n(-c2nc(NN)c(F)cc2F)n1. The zero-order chi connectivity index (χ0) is 12.6. The number of hydrogen-bond acceptors (Lipinski definition) is 5. The van der Waals surface area contributed by atoms with Gasteiger partial charge in [0, 0.05) is 6.07 Å². The predicted molar refractivity (Wildman–Crippen MR) is 56.4 cm³/mol. The highest BCUT2D eigenvalue weighted by molar-refractivity contribution is 5.41. The van der Waals surface area contributed by atoms with Crippen LogP contribution in [-0.2, 0) is 0 Å². The van der Waals surface area contributed by atoms with Crippen molar-refractivity contribution in [3.63, 3.8) is 0 Å². The molecule has 2 aromatic rings. The van der Waals surface area contributed by atoms with Gasteiger partial charge < -0.3 is 5.43 Å². The number of nitrogens with one attached hydrogen (secondary N) is 1. The molecule has 0 saturated heterocycles. The fourth-order valence-corrected chi connectivity index (χ4v) is 1.43. The predicted octanol–water partition coefficient (Wildman–Crippen LogP) is 0.843. The Hall–Kier alpha value is -2.09. The quantitative estimate of drug-likeness (QED) is 0.600. The summed E-state index contributed by atoms with van der Waals surface area (Å²) in [5.41, 5.74) is 2.04. The van der Waals surface area contributed by atoms with Crippen molar-refractivity contribution in [1.29, 1.82) is 0 Å². The van der Waals surface area contributed by atoms with Crippen molar-refractivity contribution < 1.29 is 8.78 Å². The Balaban J connectivity index is 2.63. The van der Waals surface area contributed by atoms with Crippen molar-refractivity contribution in [1.82, 2.24) is 19.7 Å². The number of aryl methyl sites for hydroxylation is 2. The number of aromatic nitrogens is 4. The van der Waals surface area contributed by atoms with E-state index in [1.165, 1.54) is 4.68 Å². The highest BCUT2D eigenvalue weighted by Gasteiger charge is 2.15. The molecule has 0 aliphatic carbocycles. The molecule has 2 rings (SSSR count). The van der Waals surface area contributed by atoms with Crippen LogP contribution in [0.15, 0.2) is 6.07 Å². The monoisotopic (exact) mass is 240 g/mol. The minimum absolute atomic E-state index is 0.155. The normalized spacial score (nSPS) is 10.6. The average molecular weight is 240 g/mol. The van der Waals surface area contributed by atoms with Gasteiger partial charge in [-0.2, -0.15) is 4.68 Å². The topological polar surface area (TPSA) is 81.7 Å². The third-order valence-corrected chi connectivity index (χ3v) is 2.12. The molecule has 90 valence electrons. The van der Waals surface area contributed by atoms with Crippen LogP contribution in [0.1, 0.15) is 11.6 Å². The fraction of sp³-hybridized carbons (Fsp3) is 0.222. The lowest BCUT2D eigenvalue weighted by atomic mass is 10.4. The van der Waals surface area contributed by atoms with Crippen LogP contribution in [0.25, 0.3) is 5.82 Å². The third-order valence-electron chi connectivity index (χ3n) is 2.12. The van der Waals surface area contributed by atoms with E-state index < -0.39 is 11.6 Å². The summed E-state index contributed by atoms with van der Waals surface area (Å²) in [6, 6.07) is 0.688. The van der Waals surface area contributed by atoms with Crippen molar-refractivity contribution in [2.24, 2.45) is 5.84 Å². The van der Waals surface area contributed by atoms with Gasteiger partial charge in [-0.1, -0.05) is 0 Å². The van der Waals surface area contributed by atoms with Gasteiger partial charge in [-0.3, -0.25) is 0 Å². The summed E-state index contributed by atoms with van der Waals surface area (Å²) in [7, 11) is 0. The van der Waals surface area contributed by atoms with Gasteiger partial charge in [0.25, 0.3) is 0 Å². The van der Waals surface area contributed by atoms with Gasteiger partial charge in [0.2, 0.25) is 0 Å². The molecule has 0 atom stereocenters. The zero-order valence-electron chi connectivity index (χ0n) is 9.20. The number of pyridine rings is 1. The first kappa shape index (κ1) is 11.4. The van der Waals surface area contributed by atoms with E-state index in [0.717, 1.165) is 0 Å². The second-order valence-corrected chi connectivity index (χ2v) is 3.39. The lowest BCUT2D eigenvalue weighted by molar-refractivity contribution is 0.561. The Morgan fingerprint density at radius 2 is 1.94 bits per heavy atom. The van der Waals surface area contributed by atoms with E-state index >= 15 is 0 Å². The van der Waals surface area contributed by atoms with Crippen molar-refractivity contribution in [3.05, 3.63) is 29.3 Å². The summed E-state index contributed by atoms with van der Waals surface area (Å²) in [6.07, 6.45) is 0. The van der Waals surface area contributed by atoms with E-state index in [1.54, 1.807) is 13.8 Å². The molecular weight excluding hydrogens is 230 g/mol. The molecule has 0 aromatic carbocycles. The van der Waals surface area contributed by atoms with Crippen LogP contribution >= 0.6 is 0 Å². The first-order valence-corrected chi connectivity index (χ1v) is 4.76. The number of nitrogens with two attached hydrogens (primary N) is 1.